The van der Waals surface area contributed by atoms with Gasteiger partial charge in [-0.05, 0) is 39.2 Å². The first-order valence-corrected chi connectivity index (χ1v) is 10.4. The number of hydrogen-bond acceptors (Lipinski definition) is 4. The summed E-state index contributed by atoms with van der Waals surface area (Å²) in [7, 11) is 0. The van der Waals surface area contributed by atoms with E-state index >= 15 is 0 Å². The molecule has 1 aliphatic rings. The predicted octanol–water partition coefficient (Wildman–Crippen LogP) is 3.76. The Balaban J connectivity index is 1.79. The summed E-state index contributed by atoms with van der Waals surface area (Å²) in [5.41, 5.74) is 1.21. The Morgan fingerprint density at radius 3 is 2.93 bits per heavy atom. The highest BCUT2D eigenvalue weighted by molar-refractivity contribution is 5.76. The molecule has 1 aromatic rings. The van der Waals surface area contributed by atoms with Gasteiger partial charge in [-0.3, -0.25) is 9.69 Å². The van der Waals surface area contributed by atoms with E-state index in [-0.39, 0.29) is 18.1 Å². The van der Waals surface area contributed by atoms with Crippen LogP contribution in [-0.2, 0) is 16.1 Å². The largest absolute Gasteiger partial charge is 0.489 e. The van der Waals surface area contributed by atoms with E-state index in [2.05, 4.69) is 35.3 Å². The van der Waals surface area contributed by atoms with Crippen LogP contribution in [0.2, 0.25) is 0 Å². The molecule has 0 bridgehead atoms. The first kappa shape index (κ1) is 21.7. The number of rotatable bonds is 11. The smallest absolute Gasteiger partial charge is 0.221 e. The van der Waals surface area contributed by atoms with Gasteiger partial charge >= 0.3 is 0 Å². The molecular weight excluding hydrogens is 340 g/mol. The molecule has 5 heteroatoms. The molecule has 1 N–H and O–H groups in total. The fourth-order valence-corrected chi connectivity index (χ4v) is 3.28. The number of hydrogen-bond donors (Lipinski definition) is 1. The molecule has 1 heterocycles. The summed E-state index contributed by atoms with van der Waals surface area (Å²) in [6, 6.07) is 8.27. The van der Waals surface area contributed by atoms with Crippen molar-refractivity contribution < 1.29 is 14.3 Å². The van der Waals surface area contributed by atoms with Crippen LogP contribution < -0.4 is 10.1 Å². The Morgan fingerprint density at radius 2 is 2.15 bits per heavy atom. The molecule has 1 atom stereocenters. The third kappa shape index (κ3) is 8.31. The lowest BCUT2D eigenvalue weighted by Gasteiger charge is -2.23. The van der Waals surface area contributed by atoms with E-state index in [9.17, 15) is 4.79 Å². The molecule has 5 nitrogen and oxygen atoms in total. The molecular formula is C22H36N2O3. The molecule has 1 aliphatic heterocycles. The maximum absolute atomic E-state index is 12.2. The highest BCUT2D eigenvalue weighted by Crippen LogP contribution is 2.26. The number of carbonyl (C=O) groups is 1. The van der Waals surface area contributed by atoms with Crippen LogP contribution in [0.5, 0.6) is 5.75 Å². The van der Waals surface area contributed by atoms with Crippen LogP contribution in [0.25, 0.3) is 0 Å². The second-order valence-electron chi connectivity index (χ2n) is 7.60. The van der Waals surface area contributed by atoms with Crippen LogP contribution in [-0.4, -0.2) is 49.3 Å². The van der Waals surface area contributed by atoms with Gasteiger partial charge in [-0.2, -0.15) is 0 Å². The topological polar surface area (TPSA) is 50.8 Å². The van der Waals surface area contributed by atoms with Crippen LogP contribution in [0.1, 0.15) is 58.4 Å². The zero-order chi connectivity index (χ0) is 19.5. The van der Waals surface area contributed by atoms with E-state index in [0.29, 0.717) is 19.6 Å². The summed E-state index contributed by atoms with van der Waals surface area (Å²) >= 11 is 0. The number of fused-ring (bicyclic) bond motifs is 1. The molecule has 0 aromatic heterocycles. The van der Waals surface area contributed by atoms with Crippen LogP contribution in [0.15, 0.2) is 24.3 Å². The third-order valence-electron chi connectivity index (χ3n) is 4.75. The zero-order valence-electron chi connectivity index (χ0n) is 17.2. The van der Waals surface area contributed by atoms with Gasteiger partial charge in [-0.15, -0.1) is 0 Å². The van der Waals surface area contributed by atoms with E-state index in [0.717, 1.165) is 38.2 Å². The first-order chi connectivity index (χ1) is 13.1. The van der Waals surface area contributed by atoms with E-state index in [1.165, 1.54) is 18.4 Å². The van der Waals surface area contributed by atoms with Gasteiger partial charge in [0.1, 0.15) is 11.9 Å². The summed E-state index contributed by atoms with van der Waals surface area (Å²) in [4.78, 5) is 14.5. The summed E-state index contributed by atoms with van der Waals surface area (Å²) < 4.78 is 11.7. The monoisotopic (exact) mass is 376 g/mol. The highest BCUT2D eigenvalue weighted by Gasteiger charge is 2.22. The number of unbranched alkanes of at least 4 members (excludes halogenated alkanes) is 1. The van der Waals surface area contributed by atoms with Gasteiger partial charge in [0.25, 0.3) is 0 Å². The number of amides is 1. The van der Waals surface area contributed by atoms with Gasteiger partial charge in [0.2, 0.25) is 5.91 Å². The van der Waals surface area contributed by atoms with Crippen molar-refractivity contribution in [3.63, 3.8) is 0 Å². The number of ether oxygens (including phenoxy) is 2. The van der Waals surface area contributed by atoms with Crippen LogP contribution in [0, 0.1) is 0 Å². The Morgan fingerprint density at radius 1 is 1.33 bits per heavy atom. The van der Waals surface area contributed by atoms with E-state index in [4.69, 9.17) is 9.47 Å². The lowest BCUT2D eigenvalue weighted by atomic mass is 10.1. The first-order valence-electron chi connectivity index (χ1n) is 10.4. The van der Waals surface area contributed by atoms with E-state index < -0.39 is 0 Å². The summed E-state index contributed by atoms with van der Waals surface area (Å²) in [6.45, 7) is 10.1. The lowest BCUT2D eigenvalue weighted by molar-refractivity contribution is -0.121. The molecule has 2 rings (SSSR count). The minimum atomic E-state index is 0.114. The molecule has 0 spiro atoms. The van der Waals surface area contributed by atoms with Crippen molar-refractivity contribution in [2.45, 2.75) is 71.6 Å². The van der Waals surface area contributed by atoms with Crippen molar-refractivity contribution in [1.82, 2.24) is 10.2 Å². The third-order valence-corrected chi connectivity index (χ3v) is 4.75. The SMILES string of the molecule is CCCCC1CN(CCC(=O)NCCCOC(C)C)Cc2ccccc2O1. The normalized spacial score (nSPS) is 17.3. The Hall–Kier alpha value is -1.59. The average Bonchev–Trinajstić information content (AvgIpc) is 2.82. The number of benzene rings is 1. The quantitative estimate of drug-likeness (QED) is 0.598. The Kier molecular flexibility index (Phi) is 9.64. The molecule has 27 heavy (non-hydrogen) atoms. The van der Waals surface area contributed by atoms with Gasteiger partial charge in [-0.1, -0.05) is 31.5 Å². The van der Waals surface area contributed by atoms with Crippen molar-refractivity contribution >= 4 is 5.91 Å². The van der Waals surface area contributed by atoms with Crippen molar-refractivity contribution in [2.24, 2.45) is 0 Å². The van der Waals surface area contributed by atoms with Crippen molar-refractivity contribution in [3.8, 4) is 5.75 Å². The van der Waals surface area contributed by atoms with Gasteiger partial charge < -0.3 is 14.8 Å². The number of nitrogens with zero attached hydrogens (tertiary/aromatic N) is 1. The van der Waals surface area contributed by atoms with E-state index in [1.54, 1.807) is 0 Å². The Bertz CT molecular complexity index is 562. The van der Waals surface area contributed by atoms with Gasteiger partial charge in [-0.25, -0.2) is 0 Å². The highest BCUT2D eigenvalue weighted by atomic mass is 16.5. The standard InChI is InChI=1S/C22H36N2O3/c1-4-5-10-20-17-24(16-19-9-6-7-11-21(19)27-20)14-12-22(25)23-13-8-15-26-18(2)3/h6-7,9,11,18,20H,4-5,8,10,12-17H2,1-3H3,(H,23,25). The fourth-order valence-electron chi connectivity index (χ4n) is 3.28. The Labute approximate surface area is 164 Å². The molecule has 1 amide bonds. The summed E-state index contributed by atoms with van der Waals surface area (Å²) in [6.07, 6.45) is 5.22. The fraction of sp³-hybridized carbons (Fsp3) is 0.682. The van der Waals surface area contributed by atoms with Crippen LogP contribution in [0.3, 0.4) is 0 Å². The van der Waals surface area contributed by atoms with Gasteiger partial charge in [0, 0.05) is 44.8 Å². The minimum Gasteiger partial charge on any atom is -0.489 e. The number of para-hydroxylation sites is 1. The summed E-state index contributed by atoms with van der Waals surface area (Å²) in [5.74, 6) is 1.11. The maximum atomic E-state index is 12.2. The average molecular weight is 377 g/mol. The maximum Gasteiger partial charge on any atom is 0.221 e. The van der Waals surface area contributed by atoms with Gasteiger partial charge in [0.15, 0.2) is 0 Å². The molecule has 0 saturated carbocycles. The molecule has 0 aliphatic carbocycles. The van der Waals surface area contributed by atoms with E-state index in [1.807, 2.05) is 19.9 Å². The van der Waals surface area contributed by atoms with Crippen molar-refractivity contribution in [3.05, 3.63) is 29.8 Å². The predicted molar refractivity (Wildman–Crippen MR) is 109 cm³/mol. The second-order valence-corrected chi connectivity index (χ2v) is 7.60. The molecule has 1 unspecified atom stereocenters. The molecule has 0 saturated heterocycles. The van der Waals surface area contributed by atoms with Crippen LogP contribution in [0.4, 0.5) is 0 Å². The minimum absolute atomic E-state index is 0.114. The molecule has 0 fully saturated rings. The number of carbonyl (C=O) groups excluding carboxylic acids is 1. The second kappa shape index (κ2) is 12.0. The molecule has 1 aromatic carbocycles. The van der Waals surface area contributed by atoms with Crippen LogP contribution >= 0.6 is 0 Å². The summed E-state index contributed by atoms with van der Waals surface area (Å²) in [5, 5.41) is 3.00. The lowest BCUT2D eigenvalue weighted by Crippen LogP contribution is -2.36. The molecule has 0 radical (unpaired) electrons. The van der Waals surface area contributed by atoms with Gasteiger partial charge in [0.05, 0.1) is 6.10 Å². The number of nitrogens with one attached hydrogen (secondary N) is 1. The van der Waals surface area contributed by atoms with Crippen molar-refractivity contribution in [2.75, 3.05) is 26.2 Å². The van der Waals surface area contributed by atoms with Crippen molar-refractivity contribution in [1.29, 1.82) is 0 Å². The zero-order valence-corrected chi connectivity index (χ0v) is 17.2. The molecule has 152 valence electrons.